The molecule has 5 heteroatoms. The van der Waals surface area contributed by atoms with Gasteiger partial charge in [0.25, 0.3) is 5.69 Å². The average Bonchev–Trinajstić information content (AvgIpc) is 3.09. The van der Waals surface area contributed by atoms with Crippen LogP contribution >= 0.6 is 0 Å². The van der Waals surface area contributed by atoms with Crippen molar-refractivity contribution < 1.29 is 4.92 Å². The number of anilines is 1. The van der Waals surface area contributed by atoms with Gasteiger partial charge in [-0.15, -0.1) is 0 Å². The number of aromatic nitrogens is 1. The standard InChI is InChI=1S/C12H17N3O2/c1-8-5-12(14-7-11(8)15(16)17)13-6-9(2)10-3-4-10/h5,7,9-10H,3-4,6H2,1-2H3,(H,13,14). The van der Waals surface area contributed by atoms with Crippen molar-refractivity contribution in [3.63, 3.8) is 0 Å². The first-order valence-electron chi connectivity index (χ1n) is 5.93. The highest BCUT2D eigenvalue weighted by molar-refractivity contribution is 5.46. The number of hydrogen-bond donors (Lipinski definition) is 1. The molecule has 1 unspecified atom stereocenters. The molecule has 1 heterocycles. The maximum atomic E-state index is 10.6. The van der Waals surface area contributed by atoms with Gasteiger partial charge in [0.2, 0.25) is 0 Å². The van der Waals surface area contributed by atoms with Crippen LogP contribution in [-0.2, 0) is 0 Å². The Balaban J connectivity index is 1.97. The summed E-state index contributed by atoms with van der Waals surface area (Å²) in [6.07, 6.45) is 3.98. The van der Waals surface area contributed by atoms with Crippen LogP contribution in [0.3, 0.4) is 0 Å². The van der Waals surface area contributed by atoms with E-state index in [1.165, 1.54) is 19.0 Å². The third-order valence-electron chi connectivity index (χ3n) is 3.31. The van der Waals surface area contributed by atoms with Crippen LogP contribution in [0.15, 0.2) is 12.3 Å². The predicted octanol–water partition coefficient (Wildman–Crippen LogP) is 2.76. The Bertz CT molecular complexity index is 430. The Morgan fingerprint density at radius 1 is 1.65 bits per heavy atom. The number of aryl methyl sites for hydroxylation is 1. The minimum absolute atomic E-state index is 0.0748. The van der Waals surface area contributed by atoms with Gasteiger partial charge in [-0.1, -0.05) is 6.92 Å². The van der Waals surface area contributed by atoms with E-state index >= 15 is 0 Å². The van der Waals surface area contributed by atoms with Gasteiger partial charge in [-0.05, 0) is 37.7 Å². The molecule has 0 aromatic carbocycles. The molecule has 5 nitrogen and oxygen atoms in total. The summed E-state index contributed by atoms with van der Waals surface area (Å²) >= 11 is 0. The maximum Gasteiger partial charge on any atom is 0.290 e. The number of nitro groups is 1. The Morgan fingerprint density at radius 2 is 2.35 bits per heavy atom. The van der Waals surface area contributed by atoms with E-state index in [4.69, 9.17) is 0 Å². The van der Waals surface area contributed by atoms with Gasteiger partial charge in [-0.2, -0.15) is 0 Å². The van der Waals surface area contributed by atoms with Gasteiger partial charge in [-0.3, -0.25) is 10.1 Å². The van der Waals surface area contributed by atoms with Gasteiger partial charge >= 0.3 is 0 Å². The molecule has 1 aliphatic rings. The molecule has 0 amide bonds. The minimum atomic E-state index is -0.404. The summed E-state index contributed by atoms with van der Waals surface area (Å²) in [5.41, 5.74) is 0.720. The van der Waals surface area contributed by atoms with E-state index < -0.39 is 4.92 Å². The Labute approximate surface area is 100 Å². The fourth-order valence-electron chi connectivity index (χ4n) is 1.93. The molecule has 1 N–H and O–H groups in total. The summed E-state index contributed by atoms with van der Waals surface area (Å²) in [7, 11) is 0. The maximum absolute atomic E-state index is 10.6. The van der Waals surface area contributed by atoms with E-state index in [9.17, 15) is 10.1 Å². The van der Waals surface area contributed by atoms with Crippen LogP contribution < -0.4 is 5.32 Å². The third kappa shape index (κ3) is 2.93. The van der Waals surface area contributed by atoms with Gasteiger partial charge in [0.15, 0.2) is 0 Å². The lowest BCUT2D eigenvalue weighted by molar-refractivity contribution is -0.385. The molecule has 1 aliphatic carbocycles. The highest BCUT2D eigenvalue weighted by Gasteiger charge is 2.27. The second-order valence-corrected chi connectivity index (χ2v) is 4.81. The van der Waals surface area contributed by atoms with Crippen LogP contribution in [0.1, 0.15) is 25.3 Å². The molecule has 0 spiro atoms. The minimum Gasteiger partial charge on any atom is -0.370 e. The highest BCUT2D eigenvalue weighted by Crippen LogP contribution is 2.36. The van der Waals surface area contributed by atoms with Crippen LogP contribution in [0.5, 0.6) is 0 Å². The van der Waals surface area contributed by atoms with E-state index in [-0.39, 0.29) is 5.69 Å². The Kier molecular flexibility index (Phi) is 3.26. The lowest BCUT2D eigenvalue weighted by atomic mass is 10.1. The van der Waals surface area contributed by atoms with Crippen molar-refractivity contribution in [1.29, 1.82) is 0 Å². The molecule has 92 valence electrons. The summed E-state index contributed by atoms with van der Waals surface area (Å²) < 4.78 is 0. The van der Waals surface area contributed by atoms with Gasteiger partial charge in [0.05, 0.1) is 4.92 Å². The third-order valence-corrected chi connectivity index (χ3v) is 3.31. The van der Waals surface area contributed by atoms with Crippen LogP contribution in [-0.4, -0.2) is 16.5 Å². The van der Waals surface area contributed by atoms with E-state index in [1.807, 2.05) is 0 Å². The molecule has 17 heavy (non-hydrogen) atoms. The van der Waals surface area contributed by atoms with E-state index in [2.05, 4.69) is 17.2 Å². The molecule has 1 aromatic rings. The van der Waals surface area contributed by atoms with Crippen LogP contribution in [0.4, 0.5) is 11.5 Å². The summed E-state index contributed by atoms with van der Waals surface area (Å²) in [6, 6.07) is 1.73. The smallest absolute Gasteiger partial charge is 0.290 e. The first-order chi connectivity index (χ1) is 8.08. The highest BCUT2D eigenvalue weighted by atomic mass is 16.6. The molecule has 0 aliphatic heterocycles. The normalized spacial score (nSPS) is 16.6. The van der Waals surface area contributed by atoms with Crippen molar-refractivity contribution in [2.75, 3.05) is 11.9 Å². The first-order valence-corrected chi connectivity index (χ1v) is 5.93. The van der Waals surface area contributed by atoms with E-state index in [1.54, 1.807) is 13.0 Å². The van der Waals surface area contributed by atoms with Crippen molar-refractivity contribution in [3.05, 3.63) is 27.9 Å². The number of nitrogens with one attached hydrogen (secondary N) is 1. The van der Waals surface area contributed by atoms with Crippen LogP contribution in [0.25, 0.3) is 0 Å². The number of pyridine rings is 1. The molecular weight excluding hydrogens is 218 g/mol. The molecule has 0 radical (unpaired) electrons. The summed E-state index contributed by atoms with van der Waals surface area (Å²) in [4.78, 5) is 14.3. The monoisotopic (exact) mass is 235 g/mol. The molecular formula is C12H17N3O2. The summed E-state index contributed by atoms with van der Waals surface area (Å²) in [6.45, 7) is 4.84. The fourth-order valence-corrected chi connectivity index (χ4v) is 1.93. The molecule has 1 aromatic heterocycles. The van der Waals surface area contributed by atoms with E-state index in [0.29, 0.717) is 11.5 Å². The largest absolute Gasteiger partial charge is 0.370 e. The van der Waals surface area contributed by atoms with Crippen LogP contribution in [0.2, 0.25) is 0 Å². The second kappa shape index (κ2) is 4.69. The fraction of sp³-hybridized carbons (Fsp3) is 0.583. The zero-order chi connectivity index (χ0) is 12.4. The van der Waals surface area contributed by atoms with Crippen molar-refractivity contribution >= 4 is 11.5 Å². The van der Waals surface area contributed by atoms with Crippen molar-refractivity contribution in [2.24, 2.45) is 11.8 Å². The zero-order valence-corrected chi connectivity index (χ0v) is 10.1. The quantitative estimate of drug-likeness (QED) is 0.629. The van der Waals surface area contributed by atoms with Crippen molar-refractivity contribution in [3.8, 4) is 0 Å². The number of nitrogens with zero attached hydrogens (tertiary/aromatic N) is 2. The average molecular weight is 235 g/mol. The van der Waals surface area contributed by atoms with Crippen LogP contribution in [0, 0.1) is 28.9 Å². The predicted molar refractivity (Wildman–Crippen MR) is 66.0 cm³/mol. The second-order valence-electron chi connectivity index (χ2n) is 4.81. The lowest BCUT2D eigenvalue weighted by Gasteiger charge is -2.12. The topological polar surface area (TPSA) is 68.1 Å². The number of rotatable bonds is 5. The first kappa shape index (κ1) is 11.8. The van der Waals surface area contributed by atoms with Gasteiger partial charge < -0.3 is 5.32 Å². The van der Waals surface area contributed by atoms with Gasteiger partial charge in [0.1, 0.15) is 12.0 Å². The Morgan fingerprint density at radius 3 is 2.88 bits per heavy atom. The zero-order valence-electron chi connectivity index (χ0n) is 10.1. The Hall–Kier alpha value is -1.65. The molecule has 1 fully saturated rings. The lowest BCUT2D eigenvalue weighted by Crippen LogP contribution is -2.13. The van der Waals surface area contributed by atoms with Crippen molar-refractivity contribution in [1.82, 2.24) is 4.98 Å². The van der Waals surface area contributed by atoms with Gasteiger partial charge in [-0.25, -0.2) is 4.98 Å². The van der Waals surface area contributed by atoms with E-state index in [0.717, 1.165) is 18.3 Å². The van der Waals surface area contributed by atoms with Crippen molar-refractivity contribution in [2.45, 2.75) is 26.7 Å². The molecule has 0 saturated heterocycles. The molecule has 0 bridgehead atoms. The molecule has 2 rings (SSSR count). The van der Waals surface area contributed by atoms with Gasteiger partial charge in [0, 0.05) is 12.1 Å². The molecule has 1 atom stereocenters. The molecule has 1 saturated carbocycles. The summed E-state index contributed by atoms with van der Waals surface area (Å²) in [5, 5.41) is 13.9. The SMILES string of the molecule is Cc1cc(NCC(C)C2CC2)ncc1[N+](=O)[O-]. The summed E-state index contributed by atoms with van der Waals surface area (Å²) in [5.74, 6) is 2.22. The number of hydrogen-bond acceptors (Lipinski definition) is 4.